The number of rotatable bonds is 3. The quantitative estimate of drug-likeness (QED) is 0.569. The van der Waals surface area contributed by atoms with Crippen molar-refractivity contribution in [1.82, 2.24) is 9.97 Å². The molecule has 4 aromatic rings. The topological polar surface area (TPSA) is 58.9 Å². The number of oxazole rings is 1. The van der Waals surface area contributed by atoms with Gasteiger partial charge >= 0.3 is 5.76 Å². The van der Waals surface area contributed by atoms with Crippen molar-refractivity contribution in [1.29, 1.82) is 0 Å². The number of H-pyrrole nitrogens is 1. The molecule has 0 radical (unpaired) electrons. The van der Waals surface area contributed by atoms with Crippen LogP contribution in [0.4, 0.5) is 4.39 Å². The molecule has 0 aliphatic heterocycles. The van der Waals surface area contributed by atoms with Crippen LogP contribution in [0.1, 0.15) is 24.3 Å². The summed E-state index contributed by atoms with van der Waals surface area (Å²) in [6.45, 7) is 0. The summed E-state index contributed by atoms with van der Waals surface area (Å²) in [4.78, 5) is 18.6. The number of hydrogen-bond acceptors (Lipinski definition) is 4. The van der Waals surface area contributed by atoms with E-state index in [9.17, 15) is 9.18 Å². The molecule has 1 saturated carbocycles. The smallest absolute Gasteiger partial charge is 0.408 e. The molecule has 1 aliphatic carbocycles. The lowest BCUT2D eigenvalue weighted by Crippen LogP contribution is -1.92. The second kappa shape index (κ2) is 5.39. The zero-order valence-corrected chi connectivity index (χ0v) is 13.9. The van der Waals surface area contributed by atoms with E-state index >= 15 is 0 Å². The van der Waals surface area contributed by atoms with Crippen LogP contribution in [0.3, 0.4) is 0 Å². The van der Waals surface area contributed by atoms with Crippen LogP contribution in [-0.2, 0) is 0 Å². The molecule has 0 unspecified atom stereocenters. The molecule has 0 saturated heterocycles. The minimum Gasteiger partial charge on any atom is -0.408 e. The van der Waals surface area contributed by atoms with Gasteiger partial charge in [-0.05, 0) is 54.7 Å². The number of hydrogen-bond donors (Lipinski definition) is 1. The maximum atomic E-state index is 13.6. The lowest BCUT2D eigenvalue weighted by molar-refractivity contribution is 0.555. The minimum atomic E-state index is -0.466. The third-order valence-electron chi connectivity index (χ3n) is 4.48. The van der Waals surface area contributed by atoms with Gasteiger partial charge in [0.25, 0.3) is 0 Å². The molecule has 6 heteroatoms. The largest absolute Gasteiger partial charge is 0.417 e. The summed E-state index contributed by atoms with van der Waals surface area (Å²) in [5, 5.41) is 2.86. The number of fused-ring (bicyclic) bond motifs is 1. The highest BCUT2D eigenvalue weighted by molar-refractivity contribution is 7.13. The number of nitrogens with zero attached hydrogens (tertiary/aromatic N) is 1. The third-order valence-corrected chi connectivity index (χ3v) is 5.36. The molecule has 0 amide bonds. The number of halogens is 1. The third kappa shape index (κ3) is 2.59. The molecule has 124 valence electrons. The normalized spacial score (nSPS) is 14.3. The Bertz CT molecular complexity index is 1150. The Morgan fingerprint density at radius 1 is 1.20 bits per heavy atom. The fraction of sp³-hybridized carbons (Fsp3) is 0.158. The SMILES string of the molecule is O=c1[nH]c2ccc(-c3csc(-c4ccc(F)cc4C4CC4)n3)cc2o1. The highest BCUT2D eigenvalue weighted by Crippen LogP contribution is 2.45. The number of benzene rings is 2. The highest BCUT2D eigenvalue weighted by atomic mass is 32.1. The zero-order valence-electron chi connectivity index (χ0n) is 13.1. The van der Waals surface area contributed by atoms with E-state index in [0.29, 0.717) is 17.0 Å². The van der Waals surface area contributed by atoms with Crippen LogP contribution >= 0.6 is 11.3 Å². The molecule has 2 heterocycles. The first-order valence-corrected chi connectivity index (χ1v) is 8.94. The fourth-order valence-corrected chi connectivity index (χ4v) is 3.97. The van der Waals surface area contributed by atoms with E-state index in [-0.39, 0.29) is 5.82 Å². The summed E-state index contributed by atoms with van der Waals surface area (Å²) < 4.78 is 18.7. The van der Waals surface area contributed by atoms with Crippen molar-refractivity contribution in [3.8, 4) is 21.8 Å². The molecule has 5 rings (SSSR count). The van der Waals surface area contributed by atoms with E-state index in [1.165, 1.54) is 17.4 Å². The van der Waals surface area contributed by atoms with Gasteiger partial charge in [-0.1, -0.05) is 6.07 Å². The number of nitrogens with one attached hydrogen (secondary N) is 1. The van der Waals surface area contributed by atoms with Crippen molar-refractivity contribution in [2.45, 2.75) is 18.8 Å². The molecule has 2 aromatic heterocycles. The summed E-state index contributed by atoms with van der Waals surface area (Å²) in [5.41, 5.74) is 4.93. The summed E-state index contributed by atoms with van der Waals surface area (Å²) in [6.07, 6.45) is 2.22. The molecule has 1 N–H and O–H groups in total. The van der Waals surface area contributed by atoms with Gasteiger partial charge in [0.1, 0.15) is 10.8 Å². The first-order chi connectivity index (χ1) is 12.2. The van der Waals surface area contributed by atoms with Crippen LogP contribution in [0.15, 0.2) is 51.0 Å². The molecule has 1 aliphatic rings. The van der Waals surface area contributed by atoms with Gasteiger partial charge in [0, 0.05) is 16.5 Å². The Morgan fingerprint density at radius 3 is 2.92 bits per heavy atom. The van der Waals surface area contributed by atoms with Gasteiger partial charge in [-0.25, -0.2) is 14.2 Å². The Morgan fingerprint density at radius 2 is 2.08 bits per heavy atom. The minimum absolute atomic E-state index is 0.199. The van der Waals surface area contributed by atoms with E-state index in [1.54, 1.807) is 12.1 Å². The van der Waals surface area contributed by atoms with Gasteiger partial charge in [-0.15, -0.1) is 11.3 Å². The molecular formula is C19H13FN2O2S. The summed E-state index contributed by atoms with van der Waals surface area (Å²) in [5.74, 6) is -0.217. The molecule has 1 fully saturated rings. The van der Waals surface area contributed by atoms with E-state index in [1.807, 2.05) is 23.6 Å². The van der Waals surface area contributed by atoms with Crippen LogP contribution < -0.4 is 5.76 Å². The highest BCUT2D eigenvalue weighted by Gasteiger charge is 2.27. The fourth-order valence-electron chi connectivity index (χ4n) is 3.10. The van der Waals surface area contributed by atoms with E-state index in [0.717, 1.165) is 40.2 Å². The predicted molar refractivity (Wildman–Crippen MR) is 95.3 cm³/mol. The zero-order chi connectivity index (χ0) is 17.0. The van der Waals surface area contributed by atoms with Gasteiger partial charge in [-0.3, -0.25) is 4.98 Å². The van der Waals surface area contributed by atoms with Crippen molar-refractivity contribution in [2.75, 3.05) is 0 Å². The van der Waals surface area contributed by atoms with Crippen molar-refractivity contribution < 1.29 is 8.81 Å². The maximum Gasteiger partial charge on any atom is 0.417 e. The van der Waals surface area contributed by atoms with Gasteiger partial charge in [0.2, 0.25) is 0 Å². The first kappa shape index (κ1) is 14.6. The van der Waals surface area contributed by atoms with Crippen LogP contribution in [0.5, 0.6) is 0 Å². The van der Waals surface area contributed by atoms with Gasteiger partial charge in [0.05, 0.1) is 11.2 Å². The van der Waals surface area contributed by atoms with Crippen molar-refractivity contribution in [3.05, 3.63) is 63.7 Å². The number of aromatic nitrogens is 2. The van der Waals surface area contributed by atoms with Crippen LogP contribution in [0.25, 0.3) is 32.9 Å². The van der Waals surface area contributed by atoms with E-state index in [4.69, 9.17) is 9.40 Å². The Hall–Kier alpha value is -2.73. The molecule has 0 bridgehead atoms. The second-order valence-electron chi connectivity index (χ2n) is 6.27. The first-order valence-electron chi connectivity index (χ1n) is 8.06. The van der Waals surface area contributed by atoms with Crippen LogP contribution in [-0.4, -0.2) is 9.97 Å². The number of thiazole rings is 1. The van der Waals surface area contributed by atoms with E-state index < -0.39 is 5.76 Å². The Kier molecular flexibility index (Phi) is 3.15. The van der Waals surface area contributed by atoms with Crippen molar-refractivity contribution >= 4 is 22.4 Å². The Balaban J connectivity index is 1.58. The maximum absolute atomic E-state index is 13.6. The lowest BCUT2D eigenvalue weighted by atomic mass is 10.0. The van der Waals surface area contributed by atoms with Crippen LogP contribution in [0, 0.1) is 5.82 Å². The molecule has 2 aromatic carbocycles. The molecule has 4 nitrogen and oxygen atoms in total. The van der Waals surface area contributed by atoms with Gasteiger partial charge in [-0.2, -0.15) is 0 Å². The van der Waals surface area contributed by atoms with Gasteiger partial charge < -0.3 is 4.42 Å². The van der Waals surface area contributed by atoms with E-state index in [2.05, 4.69) is 4.98 Å². The predicted octanol–water partition coefficient (Wildman–Crippen LogP) is 4.93. The van der Waals surface area contributed by atoms with Crippen molar-refractivity contribution in [2.24, 2.45) is 0 Å². The number of aromatic amines is 1. The standard InChI is InChI=1S/C19H13FN2O2S/c20-12-4-5-13(14(8-12)10-1-2-10)18-21-16(9-25-18)11-3-6-15-17(7-11)24-19(23)22-15/h3-10H,1-2H2,(H,22,23). The molecule has 25 heavy (non-hydrogen) atoms. The molecular weight excluding hydrogens is 339 g/mol. The summed E-state index contributed by atoms with van der Waals surface area (Å²) in [7, 11) is 0. The average molecular weight is 352 g/mol. The Labute approximate surface area is 146 Å². The average Bonchev–Trinajstić information content (AvgIpc) is 3.21. The molecule has 0 spiro atoms. The molecule has 0 atom stereocenters. The van der Waals surface area contributed by atoms with Crippen molar-refractivity contribution in [3.63, 3.8) is 0 Å². The van der Waals surface area contributed by atoms with Gasteiger partial charge in [0.15, 0.2) is 5.58 Å². The second-order valence-corrected chi connectivity index (χ2v) is 7.13. The van der Waals surface area contributed by atoms with Crippen LogP contribution in [0.2, 0.25) is 0 Å². The summed E-state index contributed by atoms with van der Waals surface area (Å²) >= 11 is 1.54. The lowest BCUT2D eigenvalue weighted by Gasteiger charge is -2.06. The summed E-state index contributed by atoms with van der Waals surface area (Å²) in [6, 6.07) is 10.5. The monoisotopic (exact) mass is 352 g/mol.